The third kappa shape index (κ3) is 2.86. The molecule has 1 aromatic rings. The topological polar surface area (TPSA) is 60.8 Å². The van der Waals surface area contributed by atoms with Gasteiger partial charge in [-0.05, 0) is 55.2 Å². The summed E-state index contributed by atoms with van der Waals surface area (Å²) in [5, 5.41) is 20.4. The van der Waals surface area contributed by atoms with Crippen LogP contribution in [0, 0.1) is 11.2 Å². The zero-order chi connectivity index (χ0) is 17.8. The maximum Gasteiger partial charge on any atom is 0.233 e. The SMILES string of the molecule is O=C(N1C[C@@H](O)[C@@H](O)CC2(CC2)C1)C1(c2ccc(Cl)c(F)c2)CCC1. The summed E-state index contributed by atoms with van der Waals surface area (Å²) < 4.78 is 14.0. The molecule has 4 rings (SSSR count). The average Bonchev–Trinajstić information content (AvgIpc) is 3.29. The second-order valence-corrected chi connectivity index (χ2v) is 8.50. The van der Waals surface area contributed by atoms with Crippen molar-refractivity contribution >= 4 is 17.5 Å². The standard InChI is InChI=1S/C19H23ClFNO3/c20-13-3-2-12(8-14(13)21)19(4-1-5-19)17(25)22-10-16(24)15(23)9-18(11-22)6-7-18/h2-3,8,15-16,23-24H,1,4-7,9-11H2/t15-,16+/m0/s1. The van der Waals surface area contributed by atoms with Gasteiger partial charge in [0.25, 0.3) is 0 Å². The first-order valence-corrected chi connectivity index (χ1v) is 9.34. The maximum absolute atomic E-state index is 14.0. The van der Waals surface area contributed by atoms with E-state index in [-0.39, 0.29) is 22.9 Å². The lowest BCUT2D eigenvalue weighted by Gasteiger charge is -2.44. The highest BCUT2D eigenvalue weighted by molar-refractivity contribution is 6.30. The molecule has 1 heterocycles. The highest BCUT2D eigenvalue weighted by Gasteiger charge is 2.53. The minimum atomic E-state index is -0.928. The van der Waals surface area contributed by atoms with Crippen molar-refractivity contribution in [2.75, 3.05) is 13.1 Å². The summed E-state index contributed by atoms with van der Waals surface area (Å²) in [4.78, 5) is 15.1. The second-order valence-electron chi connectivity index (χ2n) is 8.09. The summed E-state index contributed by atoms with van der Waals surface area (Å²) >= 11 is 5.79. The van der Waals surface area contributed by atoms with Crippen molar-refractivity contribution in [2.24, 2.45) is 5.41 Å². The molecule has 25 heavy (non-hydrogen) atoms. The molecule has 136 valence electrons. The van der Waals surface area contributed by atoms with Gasteiger partial charge in [0.1, 0.15) is 5.82 Å². The fourth-order valence-electron chi connectivity index (χ4n) is 4.41. The number of hydrogen-bond acceptors (Lipinski definition) is 3. The molecule has 6 heteroatoms. The highest BCUT2D eigenvalue weighted by atomic mass is 35.5. The molecule has 3 aliphatic rings. The Morgan fingerprint density at radius 1 is 1.20 bits per heavy atom. The summed E-state index contributed by atoms with van der Waals surface area (Å²) in [6.45, 7) is 0.706. The van der Waals surface area contributed by atoms with E-state index in [2.05, 4.69) is 0 Å². The predicted molar refractivity (Wildman–Crippen MR) is 91.8 cm³/mol. The summed E-state index contributed by atoms with van der Waals surface area (Å²) in [7, 11) is 0. The Hall–Kier alpha value is -1.17. The lowest BCUT2D eigenvalue weighted by atomic mass is 9.63. The van der Waals surface area contributed by atoms with Crippen molar-refractivity contribution in [1.82, 2.24) is 4.90 Å². The van der Waals surface area contributed by atoms with E-state index in [1.807, 2.05) is 0 Å². The molecule has 2 atom stereocenters. The molecule has 2 aliphatic carbocycles. The average molecular weight is 368 g/mol. The quantitative estimate of drug-likeness (QED) is 0.844. The maximum atomic E-state index is 14.0. The van der Waals surface area contributed by atoms with Gasteiger partial charge in [0.2, 0.25) is 5.91 Å². The number of likely N-dealkylation sites (tertiary alicyclic amines) is 1. The summed E-state index contributed by atoms with van der Waals surface area (Å²) in [5.41, 5.74) is -0.117. The lowest BCUT2D eigenvalue weighted by molar-refractivity contribution is -0.143. The molecular formula is C19H23ClFNO3. The van der Waals surface area contributed by atoms with Crippen molar-refractivity contribution in [3.63, 3.8) is 0 Å². The number of halogens is 2. The zero-order valence-electron chi connectivity index (χ0n) is 14.0. The molecule has 4 nitrogen and oxygen atoms in total. The molecule has 3 fully saturated rings. The Bertz CT molecular complexity index is 702. The van der Waals surface area contributed by atoms with E-state index in [0.717, 1.165) is 19.3 Å². The van der Waals surface area contributed by atoms with Crippen LogP contribution in [0.25, 0.3) is 0 Å². The van der Waals surface area contributed by atoms with Gasteiger partial charge in [0.15, 0.2) is 0 Å². The first-order valence-electron chi connectivity index (χ1n) is 8.96. The van der Waals surface area contributed by atoms with E-state index >= 15 is 0 Å². The minimum absolute atomic E-state index is 0.0518. The van der Waals surface area contributed by atoms with Crippen molar-refractivity contribution in [3.8, 4) is 0 Å². The monoisotopic (exact) mass is 367 g/mol. The molecule has 1 aromatic carbocycles. The molecule has 1 aliphatic heterocycles. The Balaban J connectivity index is 1.64. The molecule has 1 amide bonds. The number of benzene rings is 1. The van der Waals surface area contributed by atoms with Crippen LogP contribution in [0.3, 0.4) is 0 Å². The van der Waals surface area contributed by atoms with Gasteiger partial charge < -0.3 is 15.1 Å². The van der Waals surface area contributed by atoms with Gasteiger partial charge in [-0.2, -0.15) is 0 Å². The van der Waals surface area contributed by atoms with Crippen molar-refractivity contribution in [2.45, 2.75) is 56.1 Å². The van der Waals surface area contributed by atoms with Gasteiger partial charge in [0, 0.05) is 13.1 Å². The van der Waals surface area contributed by atoms with E-state index in [0.29, 0.717) is 31.4 Å². The van der Waals surface area contributed by atoms with Crippen molar-refractivity contribution in [1.29, 1.82) is 0 Å². The molecule has 1 spiro atoms. The van der Waals surface area contributed by atoms with Gasteiger partial charge in [-0.15, -0.1) is 0 Å². The van der Waals surface area contributed by atoms with Crippen LogP contribution in [-0.4, -0.2) is 46.3 Å². The van der Waals surface area contributed by atoms with Crippen LogP contribution in [-0.2, 0) is 10.2 Å². The Morgan fingerprint density at radius 2 is 1.92 bits per heavy atom. The third-order valence-electron chi connectivity index (χ3n) is 6.35. The number of β-amino-alcohol motifs (C(OH)–C–C–N with tert-alkyl or cyclic N) is 1. The number of amides is 1. The minimum Gasteiger partial charge on any atom is -0.390 e. The molecule has 2 N–H and O–H groups in total. The van der Waals surface area contributed by atoms with Crippen LogP contribution in [0.5, 0.6) is 0 Å². The van der Waals surface area contributed by atoms with Crippen LogP contribution in [0.2, 0.25) is 5.02 Å². The molecule has 0 bridgehead atoms. The van der Waals surface area contributed by atoms with Gasteiger partial charge in [0.05, 0.1) is 22.6 Å². The van der Waals surface area contributed by atoms with E-state index in [1.54, 1.807) is 11.0 Å². The van der Waals surface area contributed by atoms with Crippen LogP contribution in [0.1, 0.15) is 44.1 Å². The molecule has 0 aromatic heterocycles. The van der Waals surface area contributed by atoms with Gasteiger partial charge in [-0.1, -0.05) is 24.1 Å². The van der Waals surface area contributed by atoms with E-state index in [1.165, 1.54) is 12.1 Å². The smallest absolute Gasteiger partial charge is 0.233 e. The van der Waals surface area contributed by atoms with Crippen LogP contribution >= 0.6 is 11.6 Å². The summed E-state index contributed by atoms with van der Waals surface area (Å²) in [6.07, 6.45) is 3.05. The Kier molecular flexibility index (Phi) is 4.09. The van der Waals surface area contributed by atoms with Crippen molar-refractivity contribution < 1.29 is 19.4 Å². The fraction of sp³-hybridized carbons (Fsp3) is 0.632. The first kappa shape index (κ1) is 17.3. The number of carbonyl (C=O) groups is 1. The lowest BCUT2D eigenvalue weighted by Crippen LogP contribution is -2.53. The van der Waals surface area contributed by atoms with Gasteiger partial charge >= 0.3 is 0 Å². The molecule has 0 unspecified atom stereocenters. The summed E-state index contributed by atoms with van der Waals surface area (Å²) in [5.74, 6) is -0.567. The van der Waals surface area contributed by atoms with Gasteiger partial charge in [-0.3, -0.25) is 4.79 Å². The largest absolute Gasteiger partial charge is 0.390 e. The number of rotatable bonds is 2. The normalized spacial score (nSPS) is 29.8. The Morgan fingerprint density at radius 3 is 2.48 bits per heavy atom. The number of hydrogen-bond donors (Lipinski definition) is 2. The van der Waals surface area contributed by atoms with E-state index in [4.69, 9.17) is 11.6 Å². The Labute approximate surface area is 151 Å². The number of carbonyl (C=O) groups excluding carboxylic acids is 1. The highest BCUT2D eigenvalue weighted by Crippen LogP contribution is 2.53. The van der Waals surface area contributed by atoms with E-state index < -0.39 is 23.4 Å². The third-order valence-corrected chi connectivity index (χ3v) is 6.66. The molecule has 2 saturated carbocycles. The number of aliphatic hydroxyl groups is 2. The summed E-state index contributed by atoms with van der Waals surface area (Å²) in [6, 6.07) is 4.61. The molecular weight excluding hydrogens is 345 g/mol. The van der Waals surface area contributed by atoms with E-state index in [9.17, 15) is 19.4 Å². The zero-order valence-corrected chi connectivity index (χ0v) is 14.8. The predicted octanol–water partition coefficient (Wildman–Crippen LogP) is 2.64. The fourth-order valence-corrected chi connectivity index (χ4v) is 4.53. The van der Waals surface area contributed by atoms with Crippen LogP contribution < -0.4 is 0 Å². The van der Waals surface area contributed by atoms with Crippen LogP contribution in [0.15, 0.2) is 18.2 Å². The van der Waals surface area contributed by atoms with Crippen LogP contribution in [0.4, 0.5) is 4.39 Å². The second kappa shape index (κ2) is 5.93. The number of aliphatic hydroxyl groups excluding tert-OH is 2. The van der Waals surface area contributed by atoms with Gasteiger partial charge in [-0.25, -0.2) is 4.39 Å². The van der Waals surface area contributed by atoms with Crippen molar-refractivity contribution in [3.05, 3.63) is 34.6 Å². The number of nitrogens with zero attached hydrogens (tertiary/aromatic N) is 1. The molecule has 0 radical (unpaired) electrons. The first-order chi connectivity index (χ1) is 11.9. The molecule has 1 saturated heterocycles.